The third-order valence-electron chi connectivity index (χ3n) is 2.07. The van der Waals surface area contributed by atoms with Crippen LogP contribution in [0.3, 0.4) is 0 Å². The molecule has 11 heavy (non-hydrogen) atoms. The van der Waals surface area contributed by atoms with E-state index >= 15 is 0 Å². The number of nitrogens with zero attached hydrogens (tertiary/aromatic N) is 2. The van der Waals surface area contributed by atoms with Gasteiger partial charge in [-0.3, -0.25) is 0 Å². The molecule has 0 N–H and O–H groups in total. The lowest BCUT2D eigenvalue weighted by molar-refractivity contribution is 0.786. The van der Waals surface area contributed by atoms with Crippen LogP contribution in [0.15, 0.2) is 19.1 Å². The molecule has 0 aliphatic heterocycles. The van der Waals surface area contributed by atoms with Crippen LogP contribution < -0.4 is 0 Å². The minimum atomic E-state index is 1.08. The topological polar surface area (TPSA) is 25.8 Å². The van der Waals surface area contributed by atoms with Crippen LogP contribution in [0.5, 0.6) is 0 Å². The molecule has 2 heteroatoms. The Hall–Kier alpha value is -1.18. The summed E-state index contributed by atoms with van der Waals surface area (Å²) in [6, 6.07) is 0. The molecule has 1 heterocycles. The number of aromatic nitrogens is 2. The van der Waals surface area contributed by atoms with Crippen molar-refractivity contribution in [3.8, 4) is 0 Å². The van der Waals surface area contributed by atoms with E-state index in [0.29, 0.717) is 0 Å². The van der Waals surface area contributed by atoms with Crippen LogP contribution in [0.25, 0.3) is 5.57 Å². The third kappa shape index (κ3) is 1.04. The van der Waals surface area contributed by atoms with E-state index in [0.717, 1.165) is 18.5 Å². The van der Waals surface area contributed by atoms with Gasteiger partial charge in [0.2, 0.25) is 0 Å². The fourth-order valence-corrected chi connectivity index (χ4v) is 1.45. The van der Waals surface area contributed by atoms with Crippen molar-refractivity contribution >= 4 is 5.57 Å². The summed E-state index contributed by atoms with van der Waals surface area (Å²) in [6.45, 7) is 3.98. The van der Waals surface area contributed by atoms with Crippen LogP contribution in [0.2, 0.25) is 0 Å². The van der Waals surface area contributed by atoms with Gasteiger partial charge in [0.25, 0.3) is 0 Å². The first-order valence-corrected chi connectivity index (χ1v) is 3.85. The molecule has 0 saturated carbocycles. The largest absolute Gasteiger partial charge is 0.244 e. The Kier molecular flexibility index (Phi) is 1.46. The number of fused-ring (bicyclic) bond motifs is 1. The molecule has 0 radical (unpaired) electrons. The highest BCUT2D eigenvalue weighted by Gasteiger charge is 2.12. The molecule has 0 fully saturated rings. The van der Waals surface area contributed by atoms with E-state index in [4.69, 9.17) is 0 Å². The fourth-order valence-electron chi connectivity index (χ4n) is 1.45. The lowest BCUT2D eigenvalue weighted by atomic mass is 9.93. The van der Waals surface area contributed by atoms with Crippen molar-refractivity contribution in [1.82, 2.24) is 9.97 Å². The first-order valence-electron chi connectivity index (χ1n) is 3.85. The Bertz CT molecular complexity index is 291. The highest BCUT2D eigenvalue weighted by Crippen LogP contribution is 2.26. The summed E-state index contributed by atoms with van der Waals surface area (Å²) in [6.07, 6.45) is 6.83. The van der Waals surface area contributed by atoms with Gasteiger partial charge in [-0.15, -0.1) is 0 Å². The van der Waals surface area contributed by atoms with Crippen LogP contribution in [0, 0.1) is 0 Å². The average Bonchev–Trinajstić information content (AvgIpc) is 2.06. The molecule has 1 aliphatic rings. The van der Waals surface area contributed by atoms with Crippen molar-refractivity contribution in [2.45, 2.75) is 19.3 Å². The smallest absolute Gasteiger partial charge is 0.115 e. The van der Waals surface area contributed by atoms with Crippen LogP contribution >= 0.6 is 0 Å². The zero-order chi connectivity index (χ0) is 7.68. The minimum absolute atomic E-state index is 1.08. The fraction of sp³-hybridized carbons (Fsp3) is 0.333. The van der Waals surface area contributed by atoms with E-state index < -0.39 is 0 Å². The van der Waals surface area contributed by atoms with Gasteiger partial charge in [-0.25, -0.2) is 9.97 Å². The van der Waals surface area contributed by atoms with E-state index in [2.05, 4.69) is 16.5 Å². The van der Waals surface area contributed by atoms with Crippen LogP contribution in [0.1, 0.15) is 24.1 Å². The maximum absolute atomic E-state index is 4.20. The number of aryl methyl sites for hydroxylation is 1. The summed E-state index contributed by atoms with van der Waals surface area (Å²) < 4.78 is 0. The molecule has 2 nitrogen and oxygen atoms in total. The molecule has 1 aromatic rings. The van der Waals surface area contributed by atoms with Crippen molar-refractivity contribution < 1.29 is 0 Å². The zero-order valence-corrected chi connectivity index (χ0v) is 6.38. The monoisotopic (exact) mass is 146 g/mol. The van der Waals surface area contributed by atoms with E-state index in [1.54, 1.807) is 6.33 Å². The summed E-state index contributed by atoms with van der Waals surface area (Å²) >= 11 is 0. The molecule has 0 saturated heterocycles. The number of hydrogen-bond acceptors (Lipinski definition) is 2. The molecular formula is C9H10N2. The van der Waals surface area contributed by atoms with Gasteiger partial charge in [0.05, 0.1) is 5.69 Å². The molecule has 56 valence electrons. The van der Waals surface area contributed by atoms with E-state index in [9.17, 15) is 0 Å². The lowest BCUT2D eigenvalue weighted by Gasteiger charge is -2.15. The first-order chi connectivity index (χ1) is 5.38. The van der Waals surface area contributed by atoms with Gasteiger partial charge in [-0.2, -0.15) is 0 Å². The van der Waals surface area contributed by atoms with Gasteiger partial charge in [-0.05, 0) is 24.8 Å². The number of rotatable bonds is 0. The molecule has 1 aliphatic carbocycles. The lowest BCUT2D eigenvalue weighted by Crippen LogP contribution is -2.03. The maximum Gasteiger partial charge on any atom is 0.115 e. The van der Waals surface area contributed by atoms with Crippen LogP contribution in [0.4, 0.5) is 0 Å². The second kappa shape index (κ2) is 2.46. The summed E-state index contributed by atoms with van der Waals surface area (Å²) in [5.41, 5.74) is 3.52. The van der Waals surface area contributed by atoms with E-state index in [1.165, 1.54) is 17.6 Å². The maximum atomic E-state index is 4.20. The van der Waals surface area contributed by atoms with Gasteiger partial charge in [-0.1, -0.05) is 6.58 Å². The van der Waals surface area contributed by atoms with E-state index in [-0.39, 0.29) is 0 Å². The van der Waals surface area contributed by atoms with Crippen molar-refractivity contribution in [2.24, 2.45) is 0 Å². The molecule has 1 aromatic heterocycles. The first kappa shape index (κ1) is 6.53. The molecule has 0 amide bonds. The third-order valence-corrected chi connectivity index (χ3v) is 2.07. The Labute approximate surface area is 66.0 Å². The van der Waals surface area contributed by atoms with Gasteiger partial charge < -0.3 is 0 Å². The molecule has 2 rings (SSSR count). The SMILES string of the molecule is C=C1CCCc2ncncc21. The highest BCUT2D eigenvalue weighted by molar-refractivity contribution is 5.65. The Morgan fingerprint density at radius 2 is 2.27 bits per heavy atom. The van der Waals surface area contributed by atoms with Gasteiger partial charge in [0, 0.05) is 11.8 Å². The van der Waals surface area contributed by atoms with Gasteiger partial charge in [0.15, 0.2) is 0 Å². The molecule has 0 unspecified atom stereocenters. The summed E-state index contributed by atoms with van der Waals surface area (Å²) in [5, 5.41) is 0. The summed E-state index contributed by atoms with van der Waals surface area (Å²) in [4.78, 5) is 8.17. The highest BCUT2D eigenvalue weighted by atomic mass is 14.8. The van der Waals surface area contributed by atoms with E-state index in [1.807, 2.05) is 6.20 Å². The summed E-state index contributed by atoms with van der Waals surface area (Å²) in [7, 11) is 0. The predicted octanol–water partition coefficient (Wildman–Crippen LogP) is 1.83. The zero-order valence-electron chi connectivity index (χ0n) is 6.38. The second-order valence-electron chi connectivity index (χ2n) is 2.84. The average molecular weight is 146 g/mol. The molecule has 0 spiro atoms. The number of hydrogen-bond donors (Lipinski definition) is 0. The molecule has 0 aromatic carbocycles. The van der Waals surface area contributed by atoms with Crippen molar-refractivity contribution in [3.63, 3.8) is 0 Å². The summed E-state index contributed by atoms with van der Waals surface area (Å²) in [5.74, 6) is 0. The van der Waals surface area contributed by atoms with Crippen molar-refractivity contribution in [1.29, 1.82) is 0 Å². The normalized spacial score (nSPS) is 16.2. The van der Waals surface area contributed by atoms with Gasteiger partial charge >= 0.3 is 0 Å². The minimum Gasteiger partial charge on any atom is -0.244 e. The molecule has 0 atom stereocenters. The van der Waals surface area contributed by atoms with Crippen LogP contribution in [-0.4, -0.2) is 9.97 Å². The van der Waals surface area contributed by atoms with Gasteiger partial charge in [0.1, 0.15) is 6.33 Å². The number of allylic oxidation sites excluding steroid dienone is 1. The molecular weight excluding hydrogens is 136 g/mol. The Morgan fingerprint density at radius 3 is 3.09 bits per heavy atom. The molecule has 0 bridgehead atoms. The van der Waals surface area contributed by atoms with Crippen molar-refractivity contribution in [3.05, 3.63) is 30.4 Å². The Morgan fingerprint density at radius 1 is 1.36 bits per heavy atom. The predicted molar refractivity (Wildman–Crippen MR) is 44.0 cm³/mol. The van der Waals surface area contributed by atoms with Crippen LogP contribution in [-0.2, 0) is 6.42 Å². The van der Waals surface area contributed by atoms with Crippen molar-refractivity contribution in [2.75, 3.05) is 0 Å². The quantitative estimate of drug-likeness (QED) is 0.558. The Balaban J connectivity index is 2.52. The standard InChI is InChI=1S/C9H10N2/c1-7-3-2-4-9-8(7)5-10-6-11-9/h5-6H,1-4H2. The second-order valence-corrected chi connectivity index (χ2v) is 2.84.